The number of nitrogens with two attached hydrogens (primary N) is 1. The van der Waals surface area contributed by atoms with Crippen LogP contribution in [0.4, 0.5) is 29.3 Å². The van der Waals surface area contributed by atoms with Crippen molar-refractivity contribution in [1.82, 2.24) is 5.32 Å². The monoisotopic (exact) mass is 267 g/mol. The highest BCUT2D eigenvalue weighted by molar-refractivity contribution is 6.33. The Labute approximate surface area is 99.9 Å². The van der Waals surface area contributed by atoms with Gasteiger partial charge >= 0.3 is 12.2 Å². The van der Waals surface area contributed by atoms with Crippen LogP contribution in [0.25, 0.3) is 0 Å². The van der Waals surface area contributed by atoms with E-state index in [9.17, 15) is 18.0 Å². The summed E-state index contributed by atoms with van der Waals surface area (Å²) in [6.45, 7) is -1.40. The molecular formula is C9H9ClF3N3O. The molecule has 0 bridgehead atoms. The third-order valence-electron chi connectivity index (χ3n) is 1.71. The number of carbonyl (C=O) groups is 1. The summed E-state index contributed by atoms with van der Waals surface area (Å²) in [6.07, 6.45) is -4.45. The van der Waals surface area contributed by atoms with Gasteiger partial charge in [-0.3, -0.25) is 0 Å². The minimum absolute atomic E-state index is 0.207. The molecule has 0 aromatic heterocycles. The Morgan fingerprint density at radius 3 is 2.59 bits per heavy atom. The number of urea groups is 1. The van der Waals surface area contributed by atoms with E-state index in [1.807, 2.05) is 0 Å². The molecule has 1 rings (SSSR count). The normalized spacial score (nSPS) is 11.1. The number of nitrogen functional groups attached to an aromatic ring is 1. The van der Waals surface area contributed by atoms with E-state index >= 15 is 0 Å². The van der Waals surface area contributed by atoms with Gasteiger partial charge in [-0.2, -0.15) is 13.2 Å². The zero-order valence-electron chi connectivity index (χ0n) is 8.44. The van der Waals surface area contributed by atoms with Crippen LogP contribution in [0.1, 0.15) is 0 Å². The van der Waals surface area contributed by atoms with Gasteiger partial charge in [-0.05, 0) is 18.2 Å². The maximum Gasteiger partial charge on any atom is 0.405 e. The summed E-state index contributed by atoms with van der Waals surface area (Å²) in [5.74, 6) is 0. The molecule has 1 aromatic rings. The first-order chi connectivity index (χ1) is 7.78. The lowest BCUT2D eigenvalue weighted by Gasteiger charge is -2.10. The minimum atomic E-state index is -4.45. The van der Waals surface area contributed by atoms with Crippen molar-refractivity contribution in [2.45, 2.75) is 6.18 Å². The number of halogens is 4. The molecule has 2 amide bonds. The third kappa shape index (κ3) is 4.81. The summed E-state index contributed by atoms with van der Waals surface area (Å²) < 4.78 is 35.4. The second kappa shape index (κ2) is 5.13. The van der Waals surface area contributed by atoms with E-state index in [0.717, 1.165) is 0 Å². The second-order valence-electron chi connectivity index (χ2n) is 3.16. The van der Waals surface area contributed by atoms with Gasteiger partial charge in [-0.15, -0.1) is 0 Å². The number of hydrogen-bond donors (Lipinski definition) is 3. The molecule has 94 valence electrons. The predicted molar refractivity (Wildman–Crippen MR) is 58.9 cm³/mol. The quantitative estimate of drug-likeness (QED) is 0.721. The average molecular weight is 268 g/mol. The van der Waals surface area contributed by atoms with Crippen LogP contribution in [0.2, 0.25) is 5.02 Å². The number of alkyl halides is 3. The van der Waals surface area contributed by atoms with Crippen molar-refractivity contribution in [2.24, 2.45) is 0 Å². The number of nitrogens with one attached hydrogen (secondary N) is 2. The number of anilines is 2. The van der Waals surface area contributed by atoms with Crippen LogP contribution < -0.4 is 16.4 Å². The van der Waals surface area contributed by atoms with Gasteiger partial charge in [-0.1, -0.05) is 11.6 Å². The van der Waals surface area contributed by atoms with Crippen molar-refractivity contribution in [3.63, 3.8) is 0 Å². The molecule has 0 unspecified atom stereocenters. The molecule has 4 nitrogen and oxygen atoms in total. The average Bonchev–Trinajstić information content (AvgIpc) is 2.20. The van der Waals surface area contributed by atoms with Crippen LogP contribution in [0, 0.1) is 0 Å². The Kier molecular flexibility index (Phi) is 4.06. The van der Waals surface area contributed by atoms with E-state index in [0.29, 0.717) is 5.69 Å². The summed E-state index contributed by atoms with van der Waals surface area (Å²) in [6, 6.07) is 3.23. The zero-order valence-corrected chi connectivity index (χ0v) is 9.19. The molecule has 0 heterocycles. The van der Waals surface area contributed by atoms with Crippen LogP contribution in [0.5, 0.6) is 0 Å². The molecule has 0 aliphatic heterocycles. The Hall–Kier alpha value is -1.63. The molecule has 0 spiro atoms. The molecule has 0 saturated heterocycles. The summed E-state index contributed by atoms with van der Waals surface area (Å²) in [5.41, 5.74) is 5.99. The van der Waals surface area contributed by atoms with Crippen LogP contribution in [-0.4, -0.2) is 18.8 Å². The van der Waals surface area contributed by atoms with Gasteiger partial charge in [0.2, 0.25) is 0 Å². The summed E-state index contributed by atoms with van der Waals surface area (Å²) in [4.78, 5) is 11.1. The summed E-state index contributed by atoms with van der Waals surface area (Å²) in [7, 11) is 0. The van der Waals surface area contributed by atoms with Crippen molar-refractivity contribution >= 4 is 29.0 Å². The first-order valence-electron chi connectivity index (χ1n) is 4.44. The van der Waals surface area contributed by atoms with Crippen molar-refractivity contribution < 1.29 is 18.0 Å². The summed E-state index contributed by atoms with van der Waals surface area (Å²) in [5, 5.41) is 4.06. The molecule has 0 aliphatic carbocycles. The van der Waals surface area contributed by atoms with E-state index < -0.39 is 18.8 Å². The Morgan fingerprint density at radius 2 is 2.06 bits per heavy atom. The van der Waals surface area contributed by atoms with E-state index in [2.05, 4.69) is 5.32 Å². The molecule has 0 atom stereocenters. The lowest BCUT2D eigenvalue weighted by atomic mass is 10.3. The Balaban J connectivity index is 2.54. The molecule has 8 heteroatoms. The van der Waals surface area contributed by atoms with E-state index in [1.54, 1.807) is 5.32 Å². The highest BCUT2D eigenvalue weighted by atomic mass is 35.5. The van der Waals surface area contributed by atoms with Crippen molar-refractivity contribution in [2.75, 3.05) is 17.6 Å². The molecule has 0 fully saturated rings. The minimum Gasteiger partial charge on any atom is -0.398 e. The van der Waals surface area contributed by atoms with Gasteiger partial charge in [-0.25, -0.2) is 4.79 Å². The number of rotatable bonds is 2. The third-order valence-corrected chi connectivity index (χ3v) is 2.04. The standard InChI is InChI=1S/C9H9ClF3N3O/c10-6-3-5(1-2-7(6)14)16-8(17)15-4-9(11,12)13/h1-3H,4,14H2,(H2,15,16,17). The van der Waals surface area contributed by atoms with Crippen LogP contribution in [0.3, 0.4) is 0 Å². The topological polar surface area (TPSA) is 67.1 Å². The molecule has 0 radical (unpaired) electrons. The van der Waals surface area contributed by atoms with Gasteiger partial charge in [0, 0.05) is 5.69 Å². The van der Waals surface area contributed by atoms with Crippen LogP contribution >= 0.6 is 11.6 Å². The molecule has 0 aliphatic rings. The lowest BCUT2D eigenvalue weighted by molar-refractivity contribution is -0.122. The number of benzene rings is 1. The van der Waals surface area contributed by atoms with Crippen molar-refractivity contribution in [3.05, 3.63) is 23.2 Å². The first kappa shape index (κ1) is 13.4. The maximum absolute atomic E-state index is 11.8. The zero-order chi connectivity index (χ0) is 13.1. The van der Waals surface area contributed by atoms with E-state index in [1.165, 1.54) is 18.2 Å². The SMILES string of the molecule is Nc1ccc(NC(=O)NCC(F)(F)F)cc1Cl. The van der Waals surface area contributed by atoms with E-state index in [-0.39, 0.29) is 10.7 Å². The van der Waals surface area contributed by atoms with Gasteiger partial charge in [0.15, 0.2) is 0 Å². The fourth-order valence-corrected chi connectivity index (χ4v) is 1.14. The number of carbonyl (C=O) groups excluding carboxylic acids is 1. The predicted octanol–water partition coefficient (Wildman–Crippen LogP) is 2.61. The fourth-order valence-electron chi connectivity index (χ4n) is 0.961. The fraction of sp³-hybridized carbons (Fsp3) is 0.222. The molecular weight excluding hydrogens is 259 g/mol. The van der Waals surface area contributed by atoms with Crippen molar-refractivity contribution in [3.8, 4) is 0 Å². The van der Waals surface area contributed by atoms with Gasteiger partial charge in [0.05, 0.1) is 10.7 Å². The first-order valence-corrected chi connectivity index (χ1v) is 4.82. The Morgan fingerprint density at radius 1 is 1.41 bits per heavy atom. The van der Waals surface area contributed by atoms with Gasteiger partial charge in [0.1, 0.15) is 6.54 Å². The van der Waals surface area contributed by atoms with Gasteiger partial charge < -0.3 is 16.4 Å². The smallest absolute Gasteiger partial charge is 0.398 e. The highest BCUT2D eigenvalue weighted by Gasteiger charge is 2.27. The largest absolute Gasteiger partial charge is 0.405 e. The van der Waals surface area contributed by atoms with Crippen LogP contribution in [-0.2, 0) is 0 Å². The highest BCUT2D eigenvalue weighted by Crippen LogP contribution is 2.22. The van der Waals surface area contributed by atoms with E-state index in [4.69, 9.17) is 17.3 Å². The number of hydrogen-bond acceptors (Lipinski definition) is 2. The van der Waals surface area contributed by atoms with Gasteiger partial charge in [0.25, 0.3) is 0 Å². The Bertz CT molecular complexity index is 422. The van der Waals surface area contributed by atoms with Crippen LogP contribution in [0.15, 0.2) is 18.2 Å². The maximum atomic E-state index is 11.8. The lowest BCUT2D eigenvalue weighted by Crippen LogP contribution is -2.36. The summed E-state index contributed by atoms with van der Waals surface area (Å²) >= 11 is 5.67. The molecule has 17 heavy (non-hydrogen) atoms. The molecule has 1 aromatic carbocycles. The second-order valence-corrected chi connectivity index (χ2v) is 3.57. The molecule has 0 saturated carbocycles. The van der Waals surface area contributed by atoms with Crippen molar-refractivity contribution in [1.29, 1.82) is 0 Å². The molecule has 4 N–H and O–H groups in total. The number of amides is 2.